The molecule has 0 spiro atoms. The molecule has 2 aliphatic rings. The summed E-state index contributed by atoms with van der Waals surface area (Å²) in [6, 6.07) is 0. The van der Waals surface area contributed by atoms with Crippen LogP contribution in [0.3, 0.4) is 0 Å². The van der Waals surface area contributed by atoms with Crippen LogP contribution in [-0.2, 0) is 0 Å². The second-order valence-corrected chi connectivity index (χ2v) is 19.6. The Hall–Kier alpha value is 1.50. The van der Waals surface area contributed by atoms with E-state index in [9.17, 15) is 0 Å². The minimum atomic E-state index is -1.29. The Kier molecular flexibility index (Phi) is 8.74. The Bertz CT molecular complexity index is 465. The van der Waals surface area contributed by atoms with Crippen LogP contribution in [0, 0.1) is 0 Å². The molecule has 0 aromatic carbocycles. The summed E-state index contributed by atoms with van der Waals surface area (Å²) >= 11 is 2.51. The maximum atomic E-state index is 2.79. The van der Waals surface area contributed by atoms with Gasteiger partial charge in [-0.2, -0.15) is 0 Å². The summed E-state index contributed by atoms with van der Waals surface area (Å²) in [7, 11) is -1.16. The van der Waals surface area contributed by atoms with E-state index in [1.54, 1.807) is 5.31 Å². The van der Waals surface area contributed by atoms with Crippen LogP contribution in [0.15, 0.2) is 22.5 Å². The molecule has 2 saturated heterocycles. The van der Waals surface area contributed by atoms with Gasteiger partial charge in [0, 0.05) is 0 Å². The average molecular weight is 498 g/mol. The second kappa shape index (κ2) is 9.62. The molecule has 0 aliphatic carbocycles. The zero-order valence-corrected chi connectivity index (χ0v) is 21.6. The number of rotatable bonds is 6. The third kappa shape index (κ3) is 4.66. The Morgan fingerprint density at radius 1 is 1.00 bits per heavy atom. The molecule has 1 unspecified atom stereocenters. The van der Waals surface area contributed by atoms with Gasteiger partial charge in [-0.1, -0.05) is 0 Å². The predicted molar refractivity (Wildman–Crippen MR) is 131 cm³/mol. The van der Waals surface area contributed by atoms with E-state index in [2.05, 4.69) is 80.5 Å². The molecule has 4 heteroatoms. The standard InChI is InChI=1S/C20H38IP3/c1-15(22-21)9-7-8-10-20(23-16(2)11-12-17(23)3)24(6)18(4)13-14-19(24)5/h9-10,16-19,22,24H,7-8,11-14H2,1-6H3/b15-9-,20-10-/t16-,17-,18-,19-/m1/s1. The number of hydrogen-bond acceptors (Lipinski definition) is 0. The Balaban J connectivity index is 2.28. The van der Waals surface area contributed by atoms with Gasteiger partial charge in [0.2, 0.25) is 0 Å². The summed E-state index contributed by atoms with van der Waals surface area (Å²) in [6.07, 6.45) is 14.7. The molecule has 5 atom stereocenters. The van der Waals surface area contributed by atoms with Crippen LogP contribution >= 0.6 is 43.4 Å². The summed E-state index contributed by atoms with van der Waals surface area (Å²) < 4.78 is 0. The van der Waals surface area contributed by atoms with E-state index >= 15 is 0 Å². The van der Waals surface area contributed by atoms with Crippen molar-refractivity contribution in [3.05, 3.63) is 22.5 Å². The molecule has 0 bridgehead atoms. The van der Waals surface area contributed by atoms with Crippen LogP contribution in [-0.4, -0.2) is 29.3 Å². The van der Waals surface area contributed by atoms with E-state index in [1.165, 1.54) is 38.5 Å². The first kappa shape index (κ1) is 21.8. The van der Waals surface area contributed by atoms with Crippen molar-refractivity contribution < 1.29 is 0 Å². The van der Waals surface area contributed by atoms with E-state index in [-0.39, 0.29) is 7.92 Å². The van der Waals surface area contributed by atoms with Crippen molar-refractivity contribution in [2.75, 3.05) is 6.66 Å². The van der Waals surface area contributed by atoms with Crippen LogP contribution < -0.4 is 0 Å². The van der Waals surface area contributed by atoms with Crippen molar-refractivity contribution in [3.8, 4) is 0 Å². The normalized spacial score (nSPS) is 36.8. The van der Waals surface area contributed by atoms with Gasteiger partial charge in [-0.05, 0) is 0 Å². The molecule has 2 aliphatic heterocycles. The van der Waals surface area contributed by atoms with Gasteiger partial charge in [0.25, 0.3) is 0 Å². The topological polar surface area (TPSA) is 0 Å². The first-order valence-electron chi connectivity index (χ1n) is 9.84. The van der Waals surface area contributed by atoms with Crippen molar-refractivity contribution in [2.45, 2.75) is 95.8 Å². The molecule has 0 N–H and O–H groups in total. The van der Waals surface area contributed by atoms with Crippen molar-refractivity contribution in [3.63, 3.8) is 0 Å². The summed E-state index contributed by atoms with van der Waals surface area (Å²) in [5, 5.41) is 3.63. The van der Waals surface area contributed by atoms with E-state index in [1.807, 2.05) is 0 Å². The SMILES string of the molecule is C/C(=C/CC/C=C(/P1[C@H](C)CC[C@H]1C)[PH]1(C)[C@H](C)CC[C@H]1C)PI. The maximum absolute atomic E-state index is 2.79. The average Bonchev–Trinajstić information content (AvgIpc) is 3.02. The zero-order chi connectivity index (χ0) is 17.9. The third-order valence-corrected chi connectivity index (χ3v) is 21.4. The van der Waals surface area contributed by atoms with E-state index in [0.29, 0.717) is 0 Å². The molecule has 140 valence electrons. The quantitative estimate of drug-likeness (QED) is 0.196. The monoisotopic (exact) mass is 498 g/mol. The molecule has 0 amide bonds. The van der Waals surface area contributed by atoms with Crippen LogP contribution in [0.4, 0.5) is 0 Å². The van der Waals surface area contributed by atoms with Gasteiger partial charge in [-0.25, -0.2) is 0 Å². The molecule has 0 saturated carbocycles. The van der Waals surface area contributed by atoms with Crippen LogP contribution in [0.25, 0.3) is 0 Å². The summed E-state index contributed by atoms with van der Waals surface area (Å²) in [4.78, 5) is 0. The van der Waals surface area contributed by atoms with Gasteiger partial charge in [0.15, 0.2) is 0 Å². The molecule has 0 radical (unpaired) electrons. The van der Waals surface area contributed by atoms with Crippen molar-refractivity contribution in [1.82, 2.24) is 0 Å². The first-order chi connectivity index (χ1) is 11.3. The Morgan fingerprint density at radius 3 is 2.00 bits per heavy atom. The van der Waals surface area contributed by atoms with E-state index in [0.717, 1.165) is 28.9 Å². The van der Waals surface area contributed by atoms with Gasteiger partial charge in [-0.15, -0.1) is 0 Å². The molecule has 0 aromatic heterocycles. The van der Waals surface area contributed by atoms with Gasteiger partial charge in [-0.3, -0.25) is 0 Å². The number of unbranched alkanes of at least 4 members (excludes halogenated alkanes) is 1. The predicted octanol–water partition coefficient (Wildman–Crippen LogP) is 8.54. The van der Waals surface area contributed by atoms with Crippen LogP contribution in [0.2, 0.25) is 0 Å². The second-order valence-electron chi connectivity index (χ2n) is 8.49. The van der Waals surface area contributed by atoms with Crippen LogP contribution in [0.1, 0.15) is 73.1 Å². The molecule has 24 heavy (non-hydrogen) atoms. The van der Waals surface area contributed by atoms with Crippen molar-refractivity contribution >= 4 is 43.4 Å². The molecule has 2 fully saturated rings. The molecular weight excluding hydrogens is 460 g/mol. The van der Waals surface area contributed by atoms with E-state index in [4.69, 9.17) is 0 Å². The summed E-state index contributed by atoms with van der Waals surface area (Å²) in [5.74, 6) is 0. The van der Waals surface area contributed by atoms with Gasteiger partial charge >= 0.3 is 168 Å². The molecule has 2 rings (SSSR count). The molecule has 0 aromatic rings. The third-order valence-electron chi connectivity index (χ3n) is 6.97. The van der Waals surface area contributed by atoms with Gasteiger partial charge in [0.1, 0.15) is 0 Å². The molecule has 0 nitrogen and oxygen atoms in total. The molecule has 2 heterocycles. The van der Waals surface area contributed by atoms with Crippen LogP contribution in [0.5, 0.6) is 0 Å². The Labute approximate surface area is 167 Å². The Morgan fingerprint density at radius 2 is 1.50 bits per heavy atom. The van der Waals surface area contributed by atoms with Crippen molar-refractivity contribution in [2.24, 2.45) is 0 Å². The van der Waals surface area contributed by atoms with Gasteiger partial charge in [0.05, 0.1) is 0 Å². The number of halogens is 1. The fourth-order valence-corrected chi connectivity index (χ4v) is 17.8. The first-order valence-corrected chi connectivity index (χ1v) is 18.1. The fraction of sp³-hybridized carbons (Fsp3) is 0.800. The minimum absolute atomic E-state index is 0.123. The van der Waals surface area contributed by atoms with E-state index < -0.39 is 7.26 Å². The zero-order valence-electron chi connectivity index (χ0n) is 16.5. The number of allylic oxidation sites excluding steroid dienone is 3. The fourth-order valence-electron chi connectivity index (χ4n) is 4.92. The van der Waals surface area contributed by atoms with Crippen molar-refractivity contribution in [1.29, 1.82) is 0 Å². The summed E-state index contributed by atoms with van der Waals surface area (Å²) in [5.41, 5.74) is 3.93. The number of hydrogen-bond donors (Lipinski definition) is 0. The van der Waals surface area contributed by atoms with Gasteiger partial charge < -0.3 is 0 Å². The molecular formula is C20H38IP3. The summed E-state index contributed by atoms with van der Waals surface area (Å²) in [6.45, 7) is 15.3.